The number of aryl methyl sites for hydroxylation is 2. The number of anilines is 1. The molecule has 0 aliphatic rings. The van der Waals surface area contributed by atoms with Crippen LogP contribution in [0.1, 0.15) is 27.3 Å². The smallest absolute Gasteiger partial charge is 0.340 e. The molecular formula is C21H19ClN4O5. The quantitative estimate of drug-likeness (QED) is 0.348. The highest BCUT2D eigenvalue weighted by Gasteiger charge is 2.20. The number of halogens is 1. The van der Waals surface area contributed by atoms with Crippen LogP contribution in [0.4, 0.5) is 11.4 Å². The van der Waals surface area contributed by atoms with Crippen molar-refractivity contribution < 1.29 is 19.2 Å². The number of ether oxygens (including phenoxy) is 1. The first-order valence-electron chi connectivity index (χ1n) is 9.21. The second-order valence-electron chi connectivity index (χ2n) is 6.84. The van der Waals surface area contributed by atoms with E-state index in [0.29, 0.717) is 17.1 Å². The number of non-ortho nitro benzene ring substituents is 1. The molecule has 1 aromatic heterocycles. The molecule has 0 radical (unpaired) electrons. The Morgan fingerprint density at radius 3 is 2.48 bits per heavy atom. The topological polar surface area (TPSA) is 116 Å². The van der Waals surface area contributed by atoms with Crippen molar-refractivity contribution in [1.82, 2.24) is 9.78 Å². The molecule has 0 saturated heterocycles. The van der Waals surface area contributed by atoms with E-state index in [0.717, 1.165) is 17.3 Å². The number of nitro groups is 1. The van der Waals surface area contributed by atoms with Crippen molar-refractivity contribution in [2.75, 3.05) is 11.9 Å². The average molecular weight is 443 g/mol. The van der Waals surface area contributed by atoms with Crippen molar-refractivity contribution >= 4 is 34.9 Å². The van der Waals surface area contributed by atoms with E-state index in [1.54, 1.807) is 11.6 Å². The Morgan fingerprint density at radius 2 is 1.84 bits per heavy atom. The van der Waals surface area contributed by atoms with Crippen LogP contribution in [0.5, 0.6) is 0 Å². The third-order valence-electron chi connectivity index (χ3n) is 4.55. The summed E-state index contributed by atoms with van der Waals surface area (Å²) < 4.78 is 6.68. The third kappa shape index (κ3) is 4.89. The lowest BCUT2D eigenvalue weighted by Gasteiger charge is -2.09. The summed E-state index contributed by atoms with van der Waals surface area (Å²) in [5.74, 6) is -1.52. The summed E-state index contributed by atoms with van der Waals surface area (Å²) in [6, 6.07) is 11.2. The molecule has 9 nitrogen and oxygen atoms in total. The van der Waals surface area contributed by atoms with Crippen LogP contribution in [0.25, 0.3) is 5.69 Å². The fraction of sp³-hybridized carbons (Fsp3) is 0.190. The number of amides is 1. The van der Waals surface area contributed by atoms with Crippen molar-refractivity contribution in [2.24, 2.45) is 0 Å². The maximum Gasteiger partial charge on any atom is 0.340 e. The van der Waals surface area contributed by atoms with Gasteiger partial charge in [0.25, 0.3) is 11.6 Å². The molecule has 0 atom stereocenters. The summed E-state index contributed by atoms with van der Waals surface area (Å²) in [7, 11) is 0. The molecule has 1 heterocycles. The summed E-state index contributed by atoms with van der Waals surface area (Å²) in [4.78, 5) is 34.8. The monoisotopic (exact) mass is 442 g/mol. The minimum absolute atomic E-state index is 0.0120. The van der Waals surface area contributed by atoms with E-state index >= 15 is 0 Å². The number of aromatic nitrogens is 2. The standard InChI is InChI=1S/C21H19ClN4O5/c1-12-4-6-15(7-5-12)25-14(3)20(13(2)24-25)23-19(27)11-31-21(28)17-10-16(26(29)30)8-9-18(17)22/h4-10H,11H2,1-3H3,(H,23,27). The van der Waals surface area contributed by atoms with Gasteiger partial charge in [-0.15, -0.1) is 0 Å². The molecule has 0 aliphatic heterocycles. The summed E-state index contributed by atoms with van der Waals surface area (Å²) in [6.45, 7) is 4.96. The van der Waals surface area contributed by atoms with Gasteiger partial charge in [0.15, 0.2) is 6.61 Å². The molecule has 0 bridgehead atoms. The third-order valence-corrected chi connectivity index (χ3v) is 4.88. The lowest BCUT2D eigenvalue weighted by molar-refractivity contribution is -0.384. The summed E-state index contributed by atoms with van der Waals surface area (Å²) in [5, 5.41) is 18.0. The number of rotatable bonds is 6. The van der Waals surface area contributed by atoms with Crippen LogP contribution in [-0.2, 0) is 9.53 Å². The summed E-state index contributed by atoms with van der Waals surface area (Å²) >= 11 is 5.92. The molecule has 3 rings (SSSR count). The van der Waals surface area contributed by atoms with Crippen molar-refractivity contribution in [3.05, 3.63) is 80.1 Å². The maximum absolute atomic E-state index is 12.3. The lowest BCUT2D eigenvalue weighted by Crippen LogP contribution is -2.21. The molecule has 1 N–H and O–H groups in total. The Balaban J connectivity index is 1.69. The fourth-order valence-corrected chi connectivity index (χ4v) is 3.12. The number of hydrogen-bond donors (Lipinski definition) is 1. The molecule has 0 spiro atoms. The van der Waals surface area contributed by atoms with Gasteiger partial charge in [0.05, 0.1) is 38.3 Å². The highest BCUT2D eigenvalue weighted by Crippen LogP contribution is 2.24. The van der Waals surface area contributed by atoms with Crippen LogP contribution in [0.3, 0.4) is 0 Å². The van der Waals surface area contributed by atoms with Gasteiger partial charge in [-0.1, -0.05) is 29.3 Å². The summed E-state index contributed by atoms with van der Waals surface area (Å²) in [6.07, 6.45) is 0. The zero-order chi connectivity index (χ0) is 22.7. The van der Waals surface area contributed by atoms with Crippen LogP contribution in [0.15, 0.2) is 42.5 Å². The number of nitrogens with one attached hydrogen (secondary N) is 1. The molecule has 1 amide bonds. The highest BCUT2D eigenvalue weighted by atomic mass is 35.5. The van der Waals surface area contributed by atoms with E-state index in [9.17, 15) is 19.7 Å². The van der Waals surface area contributed by atoms with E-state index in [-0.39, 0.29) is 16.3 Å². The van der Waals surface area contributed by atoms with Crippen LogP contribution < -0.4 is 5.32 Å². The van der Waals surface area contributed by atoms with E-state index in [1.807, 2.05) is 38.1 Å². The van der Waals surface area contributed by atoms with Crippen molar-refractivity contribution in [1.29, 1.82) is 0 Å². The molecule has 160 valence electrons. The zero-order valence-corrected chi connectivity index (χ0v) is 17.8. The van der Waals surface area contributed by atoms with Crippen molar-refractivity contribution in [3.63, 3.8) is 0 Å². The van der Waals surface area contributed by atoms with E-state index in [2.05, 4.69) is 10.4 Å². The first-order valence-corrected chi connectivity index (χ1v) is 9.59. The number of nitro benzene ring substituents is 1. The Labute approximate surface area is 182 Å². The second kappa shape index (κ2) is 8.97. The molecule has 2 aromatic carbocycles. The SMILES string of the molecule is Cc1ccc(-n2nc(C)c(NC(=O)COC(=O)c3cc([N+](=O)[O-])ccc3Cl)c2C)cc1. The number of hydrogen-bond acceptors (Lipinski definition) is 6. The molecular weight excluding hydrogens is 424 g/mol. The zero-order valence-electron chi connectivity index (χ0n) is 17.0. The van der Waals surface area contributed by atoms with Gasteiger partial charge in [0.1, 0.15) is 0 Å². The van der Waals surface area contributed by atoms with Gasteiger partial charge in [0.2, 0.25) is 0 Å². The van der Waals surface area contributed by atoms with Gasteiger partial charge in [-0.2, -0.15) is 5.10 Å². The molecule has 3 aromatic rings. The minimum Gasteiger partial charge on any atom is -0.452 e. The van der Waals surface area contributed by atoms with E-state index in [4.69, 9.17) is 16.3 Å². The normalized spacial score (nSPS) is 10.6. The first-order chi connectivity index (χ1) is 14.7. The van der Waals surface area contributed by atoms with Crippen LogP contribution in [-0.4, -0.2) is 33.2 Å². The van der Waals surface area contributed by atoms with Gasteiger partial charge in [0, 0.05) is 12.1 Å². The molecule has 31 heavy (non-hydrogen) atoms. The number of benzene rings is 2. The molecule has 0 saturated carbocycles. The minimum atomic E-state index is -0.937. The second-order valence-corrected chi connectivity index (χ2v) is 7.25. The number of esters is 1. The van der Waals surface area contributed by atoms with Crippen LogP contribution in [0, 0.1) is 30.9 Å². The molecule has 0 unspecified atom stereocenters. The van der Waals surface area contributed by atoms with E-state index in [1.165, 1.54) is 12.1 Å². The van der Waals surface area contributed by atoms with Gasteiger partial charge in [-0.3, -0.25) is 14.9 Å². The van der Waals surface area contributed by atoms with Gasteiger partial charge >= 0.3 is 5.97 Å². The fourth-order valence-electron chi connectivity index (χ4n) is 2.93. The average Bonchev–Trinajstić information content (AvgIpc) is 3.01. The highest BCUT2D eigenvalue weighted by molar-refractivity contribution is 6.33. The predicted molar refractivity (Wildman–Crippen MR) is 115 cm³/mol. The Bertz CT molecular complexity index is 1170. The Kier molecular flexibility index (Phi) is 6.36. The lowest BCUT2D eigenvalue weighted by atomic mass is 10.2. The van der Waals surface area contributed by atoms with Crippen LogP contribution >= 0.6 is 11.6 Å². The largest absolute Gasteiger partial charge is 0.452 e. The molecule has 0 aliphatic carbocycles. The van der Waals surface area contributed by atoms with E-state index < -0.39 is 23.4 Å². The Morgan fingerprint density at radius 1 is 1.16 bits per heavy atom. The van der Waals surface area contributed by atoms with Gasteiger partial charge in [-0.05, 0) is 39.0 Å². The van der Waals surface area contributed by atoms with Crippen molar-refractivity contribution in [2.45, 2.75) is 20.8 Å². The Hall–Kier alpha value is -3.72. The predicted octanol–water partition coefficient (Wildman–Crippen LogP) is 4.15. The van der Waals surface area contributed by atoms with Crippen LogP contribution in [0.2, 0.25) is 5.02 Å². The van der Waals surface area contributed by atoms with Crippen molar-refractivity contribution in [3.8, 4) is 5.69 Å². The maximum atomic E-state index is 12.3. The van der Waals surface area contributed by atoms with Gasteiger partial charge in [-0.25, -0.2) is 9.48 Å². The number of nitrogens with zero attached hydrogens (tertiary/aromatic N) is 3. The molecule has 0 fully saturated rings. The number of carbonyl (C=O) groups is 2. The first kappa shape index (κ1) is 22.0. The number of carbonyl (C=O) groups excluding carboxylic acids is 2. The van der Waals surface area contributed by atoms with Gasteiger partial charge < -0.3 is 10.1 Å². The molecule has 10 heteroatoms. The summed E-state index contributed by atoms with van der Waals surface area (Å²) in [5.41, 5.74) is 3.28.